The Bertz CT molecular complexity index is 900. The van der Waals surface area contributed by atoms with Gasteiger partial charge in [0.25, 0.3) is 0 Å². The van der Waals surface area contributed by atoms with Crippen LogP contribution in [0.2, 0.25) is 0 Å². The quantitative estimate of drug-likeness (QED) is 0.618. The summed E-state index contributed by atoms with van der Waals surface area (Å²) in [6.07, 6.45) is 1.30. The molecule has 2 amide bonds. The zero-order chi connectivity index (χ0) is 20.6. The van der Waals surface area contributed by atoms with Crippen molar-refractivity contribution in [1.29, 1.82) is 0 Å². The van der Waals surface area contributed by atoms with E-state index < -0.39 is 0 Å². The monoisotopic (exact) mass is 378 g/mol. The molecule has 0 atom stereocenters. The third-order valence-electron chi connectivity index (χ3n) is 4.93. The van der Waals surface area contributed by atoms with Crippen LogP contribution in [0.25, 0.3) is 0 Å². The van der Waals surface area contributed by atoms with E-state index in [4.69, 9.17) is 0 Å². The molecule has 0 bridgehead atoms. The summed E-state index contributed by atoms with van der Waals surface area (Å²) < 4.78 is 0. The number of anilines is 2. The van der Waals surface area contributed by atoms with E-state index in [1.54, 1.807) is 36.4 Å². The molecule has 6 heteroatoms. The van der Waals surface area contributed by atoms with E-state index in [0.717, 1.165) is 0 Å². The van der Waals surface area contributed by atoms with Crippen LogP contribution in [-0.4, -0.2) is 36.5 Å². The molecule has 144 valence electrons. The number of nitrogens with zero attached hydrogens (tertiary/aromatic N) is 2. The van der Waals surface area contributed by atoms with Crippen LogP contribution in [0.5, 0.6) is 0 Å². The molecule has 6 nitrogen and oxygen atoms in total. The van der Waals surface area contributed by atoms with Gasteiger partial charge in [0.15, 0.2) is 11.6 Å². The largest absolute Gasteiger partial charge is 0.312 e. The maximum atomic E-state index is 13.3. The second-order valence-electron chi connectivity index (χ2n) is 7.27. The van der Waals surface area contributed by atoms with E-state index in [-0.39, 0.29) is 34.8 Å². The Hall–Kier alpha value is -3.28. The summed E-state index contributed by atoms with van der Waals surface area (Å²) in [6.45, 7) is 7.29. The van der Waals surface area contributed by atoms with Crippen LogP contribution in [-0.2, 0) is 9.59 Å². The number of fused-ring (bicyclic) bond motifs is 2. The maximum Gasteiger partial charge on any atom is 0.214 e. The predicted octanol–water partition coefficient (Wildman–Crippen LogP) is 3.20. The van der Waals surface area contributed by atoms with Gasteiger partial charge in [0.05, 0.1) is 22.5 Å². The zero-order valence-corrected chi connectivity index (χ0v) is 16.3. The molecule has 28 heavy (non-hydrogen) atoms. The molecule has 1 aliphatic rings. The van der Waals surface area contributed by atoms with Crippen molar-refractivity contribution in [2.45, 2.75) is 39.8 Å². The Labute approximate surface area is 163 Å². The Balaban J connectivity index is 2.39. The molecule has 0 saturated heterocycles. The van der Waals surface area contributed by atoms with Crippen LogP contribution < -0.4 is 9.80 Å². The number of ketones is 2. The first kappa shape index (κ1) is 19.5. The van der Waals surface area contributed by atoms with Crippen molar-refractivity contribution in [2.24, 2.45) is 0 Å². The number of hydrogen-bond acceptors (Lipinski definition) is 4. The first-order valence-electron chi connectivity index (χ1n) is 9.16. The van der Waals surface area contributed by atoms with Crippen molar-refractivity contribution in [3.63, 3.8) is 0 Å². The van der Waals surface area contributed by atoms with Gasteiger partial charge in [0.1, 0.15) is 0 Å². The van der Waals surface area contributed by atoms with E-state index in [1.165, 1.54) is 9.80 Å². The first-order chi connectivity index (χ1) is 13.3. The highest BCUT2D eigenvalue weighted by Gasteiger charge is 2.36. The molecule has 0 fully saturated rings. The van der Waals surface area contributed by atoms with Crippen LogP contribution >= 0.6 is 0 Å². The molecule has 0 heterocycles. The summed E-state index contributed by atoms with van der Waals surface area (Å²) in [5.74, 6) is -0.659. The molecular formula is C22H22N2O4. The van der Waals surface area contributed by atoms with Crippen molar-refractivity contribution in [2.75, 3.05) is 9.80 Å². The minimum Gasteiger partial charge on any atom is -0.312 e. The molecule has 0 aromatic heterocycles. The molecule has 1 aliphatic carbocycles. The van der Waals surface area contributed by atoms with Crippen molar-refractivity contribution >= 4 is 35.8 Å². The minimum atomic E-state index is -0.329. The molecular weight excluding hydrogens is 356 g/mol. The van der Waals surface area contributed by atoms with Crippen molar-refractivity contribution in [1.82, 2.24) is 0 Å². The van der Waals surface area contributed by atoms with Crippen LogP contribution in [0.3, 0.4) is 0 Å². The van der Waals surface area contributed by atoms with E-state index in [2.05, 4.69) is 0 Å². The molecule has 2 aromatic carbocycles. The summed E-state index contributed by atoms with van der Waals surface area (Å²) >= 11 is 0. The Kier molecular flexibility index (Phi) is 5.14. The number of carbonyl (C=O) groups is 4. The normalized spacial score (nSPS) is 12.6. The molecule has 0 N–H and O–H groups in total. The highest BCUT2D eigenvalue weighted by Crippen LogP contribution is 2.39. The lowest BCUT2D eigenvalue weighted by Gasteiger charge is -2.31. The van der Waals surface area contributed by atoms with Gasteiger partial charge in [-0.25, -0.2) is 0 Å². The van der Waals surface area contributed by atoms with Crippen LogP contribution in [0, 0.1) is 0 Å². The highest BCUT2D eigenvalue weighted by atomic mass is 16.1. The van der Waals surface area contributed by atoms with Gasteiger partial charge < -0.3 is 9.80 Å². The lowest BCUT2D eigenvalue weighted by molar-refractivity contribution is -0.108. The predicted molar refractivity (Wildman–Crippen MR) is 107 cm³/mol. The molecule has 3 rings (SSSR count). The van der Waals surface area contributed by atoms with Crippen LogP contribution in [0.1, 0.15) is 59.5 Å². The lowest BCUT2D eigenvalue weighted by atomic mass is 9.81. The third kappa shape index (κ3) is 2.91. The van der Waals surface area contributed by atoms with Gasteiger partial charge in [0, 0.05) is 23.2 Å². The second-order valence-corrected chi connectivity index (χ2v) is 7.27. The Morgan fingerprint density at radius 2 is 1.04 bits per heavy atom. The van der Waals surface area contributed by atoms with Crippen LogP contribution in [0.15, 0.2) is 36.4 Å². The van der Waals surface area contributed by atoms with Gasteiger partial charge >= 0.3 is 0 Å². The molecule has 0 unspecified atom stereocenters. The van der Waals surface area contributed by atoms with Crippen LogP contribution in [0.4, 0.5) is 11.4 Å². The SMILES string of the molecule is CC(C)N(C=O)c1ccc(N(C=O)C(C)C)c2c1C(=O)c1ccccc1C2=O. The average molecular weight is 378 g/mol. The lowest BCUT2D eigenvalue weighted by Crippen LogP contribution is -2.35. The molecule has 0 saturated carbocycles. The second kappa shape index (κ2) is 7.38. The maximum absolute atomic E-state index is 13.3. The summed E-state index contributed by atoms with van der Waals surface area (Å²) in [5, 5.41) is 0. The minimum absolute atomic E-state index is 0.162. The summed E-state index contributed by atoms with van der Waals surface area (Å²) in [6, 6.07) is 9.44. The Morgan fingerprint density at radius 3 is 1.32 bits per heavy atom. The molecule has 0 spiro atoms. The smallest absolute Gasteiger partial charge is 0.214 e. The fourth-order valence-corrected chi connectivity index (χ4v) is 3.53. The summed E-state index contributed by atoms with van der Waals surface area (Å²) in [4.78, 5) is 53.0. The first-order valence-corrected chi connectivity index (χ1v) is 9.16. The van der Waals surface area contributed by atoms with E-state index >= 15 is 0 Å². The van der Waals surface area contributed by atoms with E-state index in [1.807, 2.05) is 27.7 Å². The number of hydrogen-bond donors (Lipinski definition) is 0. The van der Waals surface area contributed by atoms with E-state index in [9.17, 15) is 19.2 Å². The number of carbonyl (C=O) groups excluding carboxylic acids is 4. The molecule has 0 radical (unpaired) electrons. The number of benzene rings is 2. The number of amides is 2. The fourth-order valence-electron chi connectivity index (χ4n) is 3.53. The van der Waals surface area contributed by atoms with Gasteiger partial charge in [-0.3, -0.25) is 19.2 Å². The van der Waals surface area contributed by atoms with Gasteiger partial charge in [0.2, 0.25) is 12.8 Å². The Morgan fingerprint density at radius 1 is 0.679 bits per heavy atom. The molecule has 0 aliphatic heterocycles. The zero-order valence-electron chi connectivity index (χ0n) is 16.3. The van der Waals surface area contributed by atoms with Gasteiger partial charge in [-0.15, -0.1) is 0 Å². The molecule has 2 aromatic rings. The van der Waals surface area contributed by atoms with Crippen molar-refractivity contribution in [3.05, 3.63) is 58.7 Å². The van der Waals surface area contributed by atoms with Gasteiger partial charge in [-0.1, -0.05) is 24.3 Å². The fraction of sp³-hybridized carbons (Fsp3) is 0.273. The number of rotatable bonds is 6. The third-order valence-corrected chi connectivity index (χ3v) is 4.93. The average Bonchev–Trinajstić information content (AvgIpc) is 2.67. The standard InChI is InChI=1S/C22H22N2O4/c1-13(2)23(11-25)17-9-10-18(24(12-26)14(3)4)20-19(17)21(27)15-7-5-6-8-16(15)22(20)28/h5-14H,1-4H3. The van der Waals surface area contributed by atoms with E-state index in [0.29, 0.717) is 35.3 Å². The topological polar surface area (TPSA) is 74.8 Å². The van der Waals surface area contributed by atoms with Crippen molar-refractivity contribution < 1.29 is 19.2 Å². The van der Waals surface area contributed by atoms with Gasteiger partial charge in [-0.2, -0.15) is 0 Å². The highest BCUT2D eigenvalue weighted by molar-refractivity contribution is 6.32. The van der Waals surface area contributed by atoms with Crippen molar-refractivity contribution in [3.8, 4) is 0 Å². The summed E-state index contributed by atoms with van der Waals surface area (Å²) in [7, 11) is 0. The summed E-state index contributed by atoms with van der Waals surface area (Å²) in [5.41, 5.74) is 1.66. The van der Waals surface area contributed by atoms with Gasteiger partial charge in [-0.05, 0) is 39.8 Å².